The molecular weight excluding hydrogens is 340 g/mol. The number of nitrogens with zero attached hydrogens (tertiary/aromatic N) is 2. The van der Waals surface area contributed by atoms with Gasteiger partial charge in [-0.3, -0.25) is 9.63 Å². The molecule has 0 N–H and O–H groups in total. The predicted molar refractivity (Wildman–Crippen MR) is 96.0 cm³/mol. The van der Waals surface area contributed by atoms with Crippen LogP contribution in [0.4, 0.5) is 4.79 Å². The highest BCUT2D eigenvalue weighted by atomic mass is 28.4. The van der Waals surface area contributed by atoms with E-state index in [1.165, 1.54) is 5.23 Å². The third kappa shape index (κ3) is 3.76. The molecule has 0 aromatic carbocycles. The summed E-state index contributed by atoms with van der Waals surface area (Å²) in [5.74, 6) is -0.341. The minimum atomic E-state index is -2.16. The maximum Gasteiger partial charge on any atom is 0.416 e. The third-order valence-corrected chi connectivity index (χ3v) is 11.3. The zero-order valence-corrected chi connectivity index (χ0v) is 17.4. The van der Waals surface area contributed by atoms with Crippen LogP contribution in [0.1, 0.15) is 54.9 Å². The summed E-state index contributed by atoms with van der Waals surface area (Å²) in [6.45, 7) is 15.7. The molecule has 2 heterocycles. The van der Waals surface area contributed by atoms with Crippen molar-refractivity contribution in [3.05, 3.63) is 0 Å². The van der Waals surface area contributed by atoms with Crippen LogP contribution < -0.4 is 0 Å². The second-order valence-corrected chi connectivity index (χ2v) is 13.3. The zero-order valence-electron chi connectivity index (χ0n) is 16.4. The second kappa shape index (κ2) is 7.73. The standard InChI is InChI=1S/C17H32N2O5Si/c1-11(2)25(12(3)4,13(5)6)24-19-14(7)10-15(23-19)16(20)18-8-9-22-17(18)21/h11-15H,8-10H2,1-7H3/t14-,15+/m1/s1. The van der Waals surface area contributed by atoms with Crippen LogP contribution in [0.5, 0.6) is 0 Å². The number of ether oxygens (including phenoxy) is 1. The van der Waals surface area contributed by atoms with Gasteiger partial charge >= 0.3 is 6.09 Å². The number of carbonyl (C=O) groups excluding carboxylic acids is 2. The lowest BCUT2D eigenvalue weighted by Crippen LogP contribution is -2.52. The van der Waals surface area contributed by atoms with E-state index in [0.29, 0.717) is 23.0 Å². The van der Waals surface area contributed by atoms with Crippen LogP contribution in [0, 0.1) is 0 Å². The van der Waals surface area contributed by atoms with Gasteiger partial charge in [-0.05, 0) is 23.5 Å². The van der Waals surface area contributed by atoms with Gasteiger partial charge in [-0.2, -0.15) is 0 Å². The molecule has 8 heteroatoms. The number of hydrogen-bond donors (Lipinski definition) is 0. The lowest BCUT2D eigenvalue weighted by Gasteiger charge is -2.44. The third-order valence-electron chi connectivity index (χ3n) is 5.40. The Labute approximate surface area is 151 Å². The van der Waals surface area contributed by atoms with Crippen molar-refractivity contribution in [1.82, 2.24) is 10.1 Å². The normalized spacial score (nSPS) is 25.5. The quantitative estimate of drug-likeness (QED) is 0.665. The molecule has 0 saturated carbocycles. The summed E-state index contributed by atoms with van der Waals surface area (Å²) in [4.78, 5) is 31.1. The highest BCUT2D eigenvalue weighted by molar-refractivity contribution is 6.77. The van der Waals surface area contributed by atoms with E-state index in [2.05, 4.69) is 41.5 Å². The molecule has 0 bridgehead atoms. The van der Waals surface area contributed by atoms with Gasteiger partial charge in [0.1, 0.15) is 6.61 Å². The van der Waals surface area contributed by atoms with Crippen molar-refractivity contribution < 1.29 is 23.7 Å². The van der Waals surface area contributed by atoms with Crippen molar-refractivity contribution in [2.75, 3.05) is 13.2 Å². The molecule has 2 rings (SSSR count). The molecule has 2 amide bonds. The summed E-state index contributed by atoms with van der Waals surface area (Å²) in [6, 6.07) is -0.0456. The molecule has 0 unspecified atom stereocenters. The van der Waals surface area contributed by atoms with Crippen molar-refractivity contribution in [2.45, 2.75) is 83.7 Å². The van der Waals surface area contributed by atoms with Gasteiger partial charge in [-0.15, -0.1) is 0 Å². The number of rotatable bonds is 6. The molecule has 2 atom stereocenters. The van der Waals surface area contributed by atoms with E-state index in [0.717, 1.165) is 4.90 Å². The fourth-order valence-corrected chi connectivity index (χ4v) is 9.33. The number of hydroxylamine groups is 2. The molecule has 2 aliphatic rings. The molecule has 0 aliphatic carbocycles. The number of carbonyl (C=O) groups is 2. The number of cyclic esters (lactones) is 1. The summed E-state index contributed by atoms with van der Waals surface area (Å²) < 4.78 is 11.4. The van der Waals surface area contributed by atoms with Gasteiger partial charge in [-0.1, -0.05) is 46.8 Å². The van der Waals surface area contributed by atoms with Gasteiger partial charge in [-0.25, -0.2) is 9.69 Å². The summed E-state index contributed by atoms with van der Waals surface area (Å²) in [5, 5.41) is 1.54. The highest BCUT2D eigenvalue weighted by Gasteiger charge is 2.51. The first-order chi connectivity index (χ1) is 11.6. The van der Waals surface area contributed by atoms with E-state index in [1.54, 1.807) is 0 Å². The molecule has 25 heavy (non-hydrogen) atoms. The molecule has 0 spiro atoms. The van der Waals surface area contributed by atoms with Gasteiger partial charge < -0.3 is 9.26 Å². The Balaban J connectivity index is 2.12. The molecule has 7 nitrogen and oxygen atoms in total. The largest absolute Gasteiger partial charge is 0.447 e. The maximum atomic E-state index is 12.5. The van der Waals surface area contributed by atoms with Crippen molar-refractivity contribution in [3.63, 3.8) is 0 Å². The van der Waals surface area contributed by atoms with Crippen LogP contribution in [-0.2, 0) is 18.9 Å². The van der Waals surface area contributed by atoms with E-state index >= 15 is 0 Å². The first-order valence-corrected chi connectivity index (χ1v) is 11.4. The van der Waals surface area contributed by atoms with Crippen LogP contribution in [0.25, 0.3) is 0 Å². The molecule has 2 fully saturated rings. The summed E-state index contributed by atoms with van der Waals surface area (Å²) >= 11 is 0. The fraction of sp³-hybridized carbons (Fsp3) is 0.882. The maximum absolute atomic E-state index is 12.5. The van der Waals surface area contributed by atoms with E-state index in [-0.39, 0.29) is 25.1 Å². The lowest BCUT2D eigenvalue weighted by molar-refractivity contribution is -0.323. The van der Waals surface area contributed by atoms with Crippen LogP contribution >= 0.6 is 0 Å². The monoisotopic (exact) mass is 372 g/mol. The number of hydrogen-bond acceptors (Lipinski definition) is 6. The van der Waals surface area contributed by atoms with E-state index in [4.69, 9.17) is 14.1 Å². The van der Waals surface area contributed by atoms with Gasteiger partial charge in [0, 0.05) is 6.42 Å². The van der Waals surface area contributed by atoms with Crippen molar-refractivity contribution in [1.29, 1.82) is 0 Å². The van der Waals surface area contributed by atoms with E-state index in [1.807, 2.05) is 6.92 Å². The molecule has 0 radical (unpaired) electrons. The highest BCUT2D eigenvalue weighted by Crippen LogP contribution is 2.44. The molecule has 144 valence electrons. The first kappa shape index (κ1) is 20.4. The van der Waals surface area contributed by atoms with Crippen LogP contribution in [-0.4, -0.2) is 55.7 Å². The summed E-state index contributed by atoms with van der Waals surface area (Å²) in [7, 11) is -2.16. The summed E-state index contributed by atoms with van der Waals surface area (Å²) in [6.07, 6.45) is -0.781. The van der Waals surface area contributed by atoms with Crippen molar-refractivity contribution in [3.8, 4) is 0 Å². The average Bonchev–Trinajstić information content (AvgIpc) is 3.09. The number of imide groups is 1. The smallest absolute Gasteiger partial charge is 0.416 e. The lowest BCUT2D eigenvalue weighted by atomic mass is 10.1. The molecule has 0 aromatic rings. The molecular formula is C17H32N2O5Si. The minimum Gasteiger partial charge on any atom is -0.447 e. The van der Waals surface area contributed by atoms with Crippen LogP contribution in [0.2, 0.25) is 16.6 Å². The molecule has 0 aromatic heterocycles. The Bertz CT molecular complexity index is 489. The topological polar surface area (TPSA) is 68.3 Å². The molecule has 2 aliphatic heterocycles. The SMILES string of the molecule is CC(C)[Si](ON1O[C@H](C(=O)N2CCOC2=O)C[C@H]1C)(C(C)C)C(C)C. The Kier molecular flexibility index (Phi) is 6.29. The first-order valence-electron chi connectivity index (χ1n) is 9.24. The van der Waals surface area contributed by atoms with E-state index < -0.39 is 20.5 Å². The Morgan fingerprint density at radius 1 is 1.16 bits per heavy atom. The number of amides is 2. The Morgan fingerprint density at radius 3 is 2.16 bits per heavy atom. The Morgan fingerprint density at radius 2 is 1.72 bits per heavy atom. The minimum absolute atomic E-state index is 0.0456. The second-order valence-electron chi connectivity index (χ2n) is 7.98. The van der Waals surface area contributed by atoms with E-state index in [9.17, 15) is 9.59 Å². The van der Waals surface area contributed by atoms with Crippen molar-refractivity contribution >= 4 is 20.3 Å². The summed E-state index contributed by atoms with van der Waals surface area (Å²) in [5.41, 5.74) is 1.23. The van der Waals surface area contributed by atoms with Crippen LogP contribution in [0.3, 0.4) is 0 Å². The average molecular weight is 373 g/mol. The van der Waals surface area contributed by atoms with Crippen molar-refractivity contribution in [2.24, 2.45) is 0 Å². The zero-order chi connectivity index (χ0) is 18.9. The van der Waals surface area contributed by atoms with Gasteiger partial charge in [0.15, 0.2) is 6.10 Å². The predicted octanol–water partition coefficient (Wildman–Crippen LogP) is 3.47. The fourth-order valence-electron chi connectivity index (χ4n) is 4.17. The molecule has 2 saturated heterocycles. The van der Waals surface area contributed by atoms with Gasteiger partial charge in [0.25, 0.3) is 5.91 Å². The Hall–Kier alpha value is -0.963. The van der Waals surface area contributed by atoms with Gasteiger partial charge in [0.05, 0.1) is 12.6 Å². The van der Waals surface area contributed by atoms with Gasteiger partial charge in [0.2, 0.25) is 8.32 Å². The van der Waals surface area contributed by atoms with Crippen LogP contribution in [0.15, 0.2) is 0 Å².